The fraction of sp³-hybridized carbons (Fsp3) is 0.429. The van der Waals surface area contributed by atoms with Gasteiger partial charge in [-0.25, -0.2) is 4.98 Å². The number of aromatic amines is 1. The van der Waals surface area contributed by atoms with E-state index >= 15 is 0 Å². The maximum absolute atomic E-state index is 12.0. The lowest BCUT2D eigenvalue weighted by Gasteiger charge is -2.20. The molecule has 1 unspecified atom stereocenters. The topological polar surface area (TPSA) is 57.8 Å². The molecule has 2 heterocycles. The number of H-pyrrole nitrogens is 1. The first kappa shape index (κ1) is 14.0. The first-order chi connectivity index (χ1) is 8.99. The molecule has 0 saturated carbocycles. The molecule has 2 aromatic heterocycles. The van der Waals surface area contributed by atoms with Crippen LogP contribution in [0.15, 0.2) is 22.3 Å². The van der Waals surface area contributed by atoms with Crippen molar-refractivity contribution in [2.75, 3.05) is 0 Å². The molecule has 0 bridgehead atoms. The van der Waals surface area contributed by atoms with E-state index < -0.39 is 0 Å². The van der Waals surface area contributed by atoms with Crippen LogP contribution in [0.5, 0.6) is 0 Å². The van der Waals surface area contributed by atoms with Gasteiger partial charge in [-0.3, -0.25) is 4.79 Å². The molecule has 2 aromatic rings. The molecule has 0 aromatic carbocycles. The molecule has 2 atom stereocenters. The van der Waals surface area contributed by atoms with Gasteiger partial charge in [0.1, 0.15) is 5.82 Å². The smallest absolute Gasteiger partial charge is 0.255 e. The van der Waals surface area contributed by atoms with Gasteiger partial charge in [-0.15, -0.1) is 11.3 Å². The van der Waals surface area contributed by atoms with E-state index in [1.54, 1.807) is 18.3 Å². The average molecular weight is 277 g/mol. The molecule has 0 aliphatic heterocycles. The Bertz CT molecular complexity index is 604. The van der Waals surface area contributed by atoms with Crippen LogP contribution < -0.4 is 10.9 Å². The fourth-order valence-corrected chi connectivity index (χ4v) is 3.07. The van der Waals surface area contributed by atoms with Crippen molar-refractivity contribution in [2.45, 2.75) is 39.8 Å². The third-order valence-electron chi connectivity index (χ3n) is 3.17. The molecule has 2 N–H and O–H groups in total. The summed E-state index contributed by atoms with van der Waals surface area (Å²) in [6.45, 7) is 7.78. The third kappa shape index (κ3) is 3.11. The van der Waals surface area contributed by atoms with E-state index in [9.17, 15) is 4.79 Å². The molecule has 0 fully saturated rings. The standard InChI is InChI=1S/C14H19N3OS/c1-8(12-6-5-7-19-12)15-9(2)13-10(3)16-11(4)17-14(13)18/h5-9,15H,1-4H3,(H,16,17,18)/t8-,9?/m1/s1. The lowest BCUT2D eigenvalue weighted by molar-refractivity contribution is 0.493. The van der Waals surface area contributed by atoms with E-state index in [4.69, 9.17) is 0 Å². The largest absolute Gasteiger partial charge is 0.310 e. The lowest BCUT2D eigenvalue weighted by Crippen LogP contribution is -2.29. The van der Waals surface area contributed by atoms with Crippen molar-refractivity contribution in [1.82, 2.24) is 15.3 Å². The predicted octanol–water partition coefficient (Wildman–Crippen LogP) is 2.86. The maximum atomic E-state index is 12.0. The normalized spacial score (nSPS) is 14.3. The summed E-state index contributed by atoms with van der Waals surface area (Å²) >= 11 is 1.71. The second-order valence-corrected chi connectivity index (χ2v) is 5.76. The van der Waals surface area contributed by atoms with Gasteiger partial charge in [-0.05, 0) is 39.1 Å². The molecule has 5 heteroatoms. The van der Waals surface area contributed by atoms with Gasteiger partial charge in [0, 0.05) is 22.7 Å². The Morgan fingerprint density at radius 1 is 1.32 bits per heavy atom. The van der Waals surface area contributed by atoms with E-state index in [1.807, 2.05) is 19.9 Å². The number of aryl methyl sites for hydroxylation is 2. The van der Waals surface area contributed by atoms with Crippen molar-refractivity contribution in [3.8, 4) is 0 Å². The molecule has 4 nitrogen and oxygen atoms in total. The van der Waals surface area contributed by atoms with Crippen LogP contribution in [-0.4, -0.2) is 9.97 Å². The Morgan fingerprint density at radius 2 is 2.05 bits per heavy atom. The molecule has 0 radical (unpaired) electrons. The van der Waals surface area contributed by atoms with E-state index in [0.717, 1.165) is 5.69 Å². The zero-order chi connectivity index (χ0) is 14.0. The molecule has 102 valence electrons. The Labute approximate surface area is 116 Å². The second-order valence-electron chi connectivity index (χ2n) is 4.78. The van der Waals surface area contributed by atoms with Crippen molar-refractivity contribution in [2.24, 2.45) is 0 Å². The minimum atomic E-state index is -0.0524. The summed E-state index contributed by atoms with van der Waals surface area (Å²) in [4.78, 5) is 20.4. The van der Waals surface area contributed by atoms with Crippen LogP contribution in [0.1, 0.15) is 47.9 Å². The Morgan fingerprint density at radius 3 is 2.63 bits per heavy atom. The van der Waals surface area contributed by atoms with Crippen LogP contribution >= 0.6 is 11.3 Å². The van der Waals surface area contributed by atoms with E-state index in [0.29, 0.717) is 11.4 Å². The highest BCUT2D eigenvalue weighted by Crippen LogP contribution is 2.22. The summed E-state index contributed by atoms with van der Waals surface area (Å²) in [5.41, 5.74) is 1.46. The molecule has 0 aliphatic rings. The number of hydrogen-bond acceptors (Lipinski definition) is 4. The first-order valence-electron chi connectivity index (χ1n) is 6.36. The summed E-state index contributed by atoms with van der Waals surface area (Å²) in [6.07, 6.45) is 0. The van der Waals surface area contributed by atoms with E-state index in [2.05, 4.69) is 33.7 Å². The van der Waals surface area contributed by atoms with Crippen LogP contribution in [0.25, 0.3) is 0 Å². The van der Waals surface area contributed by atoms with Gasteiger partial charge in [0.2, 0.25) is 0 Å². The summed E-state index contributed by atoms with van der Waals surface area (Å²) in [5, 5.41) is 5.51. The fourth-order valence-electron chi connectivity index (χ4n) is 2.32. The van der Waals surface area contributed by atoms with Gasteiger partial charge in [-0.2, -0.15) is 0 Å². The van der Waals surface area contributed by atoms with E-state index in [1.165, 1.54) is 4.88 Å². The van der Waals surface area contributed by atoms with Crippen molar-refractivity contribution in [1.29, 1.82) is 0 Å². The van der Waals surface area contributed by atoms with Gasteiger partial charge in [0.25, 0.3) is 5.56 Å². The van der Waals surface area contributed by atoms with Gasteiger partial charge in [0.05, 0.1) is 5.56 Å². The van der Waals surface area contributed by atoms with Crippen molar-refractivity contribution in [3.63, 3.8) is 0 Å². The SMILES string of the molecule is Cc1nc(C)c(C(C)N[C@H](C)c2cccs2)c(=O)[nH]1. The van der Waals surface area contributed by atoms with Gasteiger partial charge < -0.3 is 10.3 Å². The number of thiophene rings is 1. The lowest BCUT2D eigenvalue weighted by atomic mass is 10.1. The molecule has 2 rings (SSSR count). The van der Waals surface area contributed by atoms with Gasteiger partial charge in [0.15, 0.2) is 0 Å². The molecule has 19 heavy (non-hydrogen) atoms. The third-order valence-corrected chi connectivity index (χ3v) is 4.22. The first-order valence-corrected chi connectivity index (χ1v) is 7.24. The second kappa shape index (κ2) is 5.67. The van der Waals surface area contributed by atoms with Crippen LogP contribution in [0.2, 0.25) is 0 Å². The van der Waals surface area contributed by atoms with Crippen LogP contribution in [0.4, 0.5) is 0 Å². The monoisotopic (exact) mass is 277 g/mol. The average Bonchev–Trinajstić information content (AvgIpc) is 2.80. The zero-order valence-corrected chi connectivity index (χ0v) is 12.5. The maximum Gasteiger partial charge on any atom is 0.255 e. The number of nitrogens with one attached hydrogen (secondary N) is 2. The summed E-state index contributed by atoms with van der Waals surface area (Å²) in [7, 11) is 0. The Kier molecular flexibility index (Phi) is 4.17. The van der Waals surface area contributed by atoms with Crippen molar-refractivity contribution >= 4 is 11.3 Å². The number of rotatable bonds is 4. The van der Waals surface area contributed by atoms with Crippen LogP contribution in [0.3, 0.4) is 0 Å². The minimum absolute atomic E-state index is 0.0334. The minimum Gasteiger partial charge on any atom is -0.310 e. The van der Waals surface area contributed by atoms with Gasteiger partial charge in [-0.1, -0.05) is 6.07 Å². The molecule has 0 spiro atoms. The Balaban J connectivity index is 2.21. The van der Waals surface area contributed by atoms with Gasteiger partial charge >= 0.3 is 0 Å². The number of hydrogen-bond donors (Lipinski definition) is 2. The van der Waals surface area contributed by atoms with Crippen molar-refractivity contribution < 1.29 is 0 Å². The number of aromatic nitrogens is 2. The van der Waals surface area contributed by atoms with Crippen molar-refractivity contribution in [3.05, 3.63) is 49.8 Å². The molecule has 0 amide bonds. The molecule has 0 aliphatic carbocycles. The highest BCUT2D eigenvalue weighted by atomic mass is 32.1. The molecular formula is C14H19N3OS. The quantitative estimate of drug-likeness (QED) is 0.903. The van der Waals surface area contributed by atoms with Crippen LogP contribution in [0, 0.1) is 13.8 Å². The van der Waals surface area contributed by atoms with Crippen LogP contribution in [-0.2, 0) is 0 Å². The molecule has 0 saturated heterocycles. The summed E-state index contributed by atoms with van der Waals surface area (Å²) in [5.74, 6) is 0.657. The highest BCUT2D eigenvalue weighted by Gasteiger charge is 2.17. The summed E-state index contributed by atoms with van der Waals surface area (Å²) < 4.78 is 0. The Hall–Kier alpha value is -1.46. The number of nitrogens with zero attached hydrogens (tertiary/aromatic N) is 1. The zero-order valence-electron chi connectivity index (χ0n) is 11.7. The molecular weight excluding hydrogens is 258 g/mol. The highest BCUT2D eigenvalue weighted by molar-refractivity contribution is 7.10. The van der Waals surface area contributed by atoms with E-state index in [-0.39, 0.29) is 17.6 Å². The summed E-state index contributed by atoms with van der Waals surface area (Å²) in [6, 6.07) is 4.32. The predicted molar refractivity (Wildman–Crippen MR) is 78.6 cm³/mol.